The minimum absolute atomic E-state index is 0.531. The monoisotopic (exact) mass is 1000 g/mol. The third-order valence-corrected chi connectivity index (χ3v) is 9.08. The van der Waals surface area contributed by atoms with Gasteiger partial charge in [0.15, 0.2) is 0 Å². The summed E-state index contributed by atoms with van der Waals surface area (Å²) in [5.41, 5.74) is -8.50. The van der Waals surface area contributed by atoms with E-state index in [-0.39, 0.29) is 0 Å². The fraction of sp³-hybridized carbons (Fsp3) is 0.500. The van der Waals surface area contributed by atoms with Gasteiger partial charge in [-0.1, -0.05) is 0 Å². The molecule has 0 fully saturated rings. The zero-order valence-corrected chi connectivity index (χ0v) is 28.2. The summed E-state index contributed by atoms with van der Waals surface area (Å²) < 4.78 is 415. The van der Waals surface area contributed by atoms with Crippen molar-refractivity contribution in [3.8, 4) is 0 Å². The molecule has 36 heteroatoms. The fourth-order valence-electron chi connectivity index (χ4n) is 5.58. The van der Waals surface area contributed by atoms with Crippen molar-refractivity contribution in [1.29, 1.82) is 0 Å². The Balaban J connectivity index is 1.87. The lowest BCUT2D eigenvalue weighted by Crippen LogP contribution is -2.75. The van der Waals surface area contributed by atoms with Crippen LogP contribution in [0.5, 0.6) is 0 Å². The number of halogens is 30. The third kappa shape index (κ3) is 5.68. The Morgan fingerprint density at radius 3 is 0.578 bits per heavy atom. The average molecular weight is 1000 g/mol. The van der Waals surface area contributed by atoms with Gasteiger partial charge in [-0.15, -0.1) is 0 Å². The second-order valence-corrected chi connectivity index (χ2v) is 12.8. The van der Waals surface area contributed by atoms with Crippen molar-refractivity contribution >= 4 is 34.4 Å². The molecule has 0 unspecified atom stereocenters. The van der Waals surface area contributed by atoms with Crippen LogP contribution in [0.25, 0.3) is 10.8 Å². The number of carbonyl (C=O) groups excluding carboxylic acids is 4. The first kappa shape index (κ1) is 51.5. The van der Waals surface area contributed by atoms with Gasteiger partial charge < -0.3 is 0 Å². The molecule has 64 heavy (non-hydrogen) atoms. The quantitative estimate of drug-likeness (QED) is 0.121. The predicted molar refractivity (Wildman–Crippen MR) is 136 cm³/mol. The second kappa shape index (κ2) is 13.3. The first-order chi connectivity index (χ1) is 27.9. The second-order valence-electron chi connectivity index (χ2n) is 12.8. The van der Waals surface area contributed by atoms with Crippen LogP contribution in [-0.4, -0.2) is 117 Å². The SMILES string of the molecule is O=C1c2ccc3c4c(ccc(c24)C(=O)N1C(F)(F)C(F)(F)C(F)(F)C(F)(F)C(F)(F)C(F)(F)C(F)(F)F)C(=O)N(C(F)(F)C(F)(F)C(F)(F)C(F)(F)C(F)(F)C(F)(F)C(F)(F)F)C3=O. The smallest absolute Gasteiger partial charge is 0.268 e. The van der Waals surface area contributed by atoms with Crippen LogP contribution in [0.3, 0.4) is 0 Å². The first-order valence-electron chi connectivity index (χ1n) is 14.9. The van der Waals surface area contributed by atoms with Gasteiger partial charge in [0.25, 0.3) is 23.6 Å². The predicted octanol–water partition coefficient (Wildman–Crippen LogP) is 10.7. The van der Waals surface area contributed by atoms with Crippen molar-refractivity contribution in [2.75, 3.05) is 0 Å². The third-order valence-electron chi connectivity index (χ3n) is 9.08. The van der Waals surface area contributed by atoms with E-state index >= 15 is 17.6 Å². The Kier molecular flexibility index (Phi) is 10.7. The number of alkyl halides is 30. The molecule has 0 bridgehead atoms. The molecule has 0 atom stereocenters. The molecular formula is C28H4F30N2O4. The first-order valence-corrected chi connectivity index (χ1v) is 14.9. The zero-order chi connectivity index (χ0) is 50.8. The Morgan fingerprint density at radius 1 is 0.250 bits per heavy atom. The lowest BCUT2D eigenvalue weighted by molar-refractivity contribution is -0.457. The number of benzene rings is 2. The van der Waals surface area contributed by atoms with Gasteiger partial charge >= 0.3 is 83.7 Å². The molecule has 0 spiro atoms. The molecule has 6 nitrogen and oxygen atoms in total. The molecule has 360 valence electrons. The summed E-state index contributed by atoms with van der Waals surface area (Å²) in [5.74, 6) is -101. The maximum absolute atomic E-state index is 15.2. The van der Waals surface area contributed by atoms with Crippen LogP contribution in [-0.2, 0) is 0 Å². The van der Waals surface area contributed by atoms with E-state index in [0.29, 0.717) is 0 Å². The zero-order valence-electron chi connectivity index (χ0n) is 28.2. The molecule has 2 aliphatic heterocycles. The van der Waals surface area contributed by atoms with Gasteiger partial charge in [-0.3, -0.25) is 19.2 Å². The Morgan fingerprint density at radius 2 is 0.406 bits per heavy atom. The highest BCUT2D eigenvalue weighted by atomic mass is 19.4. The van der Waals surface area contributed by atoms with Gasteiger partial charge in [0.2, 0.25) is 0 Å². The number of nitrogens with zero attached hydrogens (tertiary/aromatic N) is 2. The molecule has 2 aliphatic rings. The summed E-state index contributed by atoms with van der Waals surface area (Å²) in [5, 5.41) is -3.70. The van der Waals surface area contributed by atoms with Gasteiger partial charge in [-0.05, 0) is 24.3 Å². The molecule has 2 aromatic rings. The van der Waals surface area contributed by atoms with Crippen molar-refractivity contribution in [3.63, 3.8) is 0 Å². The van der Waals surface area contributed by atoms with Gasteiger partial charge in [-0.25, -0.2) is 9.80 Å². The van der Waals surface area contributed by atoms with Gasteiger partial charge in [0.1, 0.15) is 0 Å². The molecule has 0 radical (unpaired) electrons. The molecule has 2 aromatic carbocycles. The maximum atomic E-state index is 15.2. The molecule has 0 aliphatic carbocycles. The summed E-state index contributed by atoms with van der Waals surface area (Å²) in [4.78, 5) is 46.5. The van der Waals surface area contributed by atoms with E-state index in [1.165, 1.54) is 0 Å². The highest BCUT2D eigenvalue weighted by Gasteiger charge is 2.96. The van der Waals surface area contributed by atoms with Crippen molar-refractivity contribution < 1.29 is 151 Å². The Bertz CT molecular complexity index is 2110. The van der Waals surface area contributed by atoms with Crippen LogP contribution < -0.4 is 0 Å². The largest absolute Gasteiger partial charge is 0.460 e. The van der Waals surface area contributed by atoms with Gasteiger partial charge in [-0.2, -0.15) is 132 Å². The van der Waals surface area contributed by atoms with E-state index in [4.69, 9.17) is 0 Å². The van der Waals surface area contributed by atoms with Crippen LogP contribution in [0.15, 0.2) is 24.3 Å². The van der Waals surface area contributed by atoms with Crippen molar-refractivity contribution in [1.82, 2.24) is 9.80 Å². The lowest BCUT2D eigenvalue weighted by Gasteiger charge is -2.44. The fourth-order valence-corrected chi connectivity index (χ4v) is 5.58. The molecular weight excluding hydrogens is 998 g/mol. The molecule has 0 saturated carbocycles. The topological polar surface area (TPSA) is 74.8 Å². The Hall–Kier alpha value is -5.12. The lowest BCUT2D eigenvalue weighted by atomic mass is 9.84. The van der Waals surface area contributed by atoms with Crippen molar-refractivity contribution in [2.24, 2.45) is 0 Å². The maximum Gasteiger partial charge on any atom is 0.460 e. The normalized spacial score (nSPS) is 17.6. The van der Waals surface area contributed by atoms with Crippen LogP contribution in [0.2, 0.25) is 0 Å². The molecule has 0 aromatic heterocycles. The van der Waals surface area contributed by atoms with E-state index in [1.807, 2.05) is 0 Å². The molecule has 4 rings (SSSR count). The van der Waals surface area contributed by atoms with Crippen LogP contribution in [0, 0.1) is 0 Å². The number of hydrogen-bond acceptors (Lipinski definition) is 4. The highest BCUT2D eigenvalue weighted by Crippen LogP contribution is 2.65. The van der Waals surface area contributed by atoms with Crippen LogP contribution in [0.1, 0.15) is 41.4 Å². The van der Waals surface area contributed by atoms with E-state index in [2.05, 4.69) is 0 Å². The van der Waals surface area contributed by atoms with Crippen LogP contribution in [0.4, 0.5) is 132 Å². The minimum Gasteiger partial charge on any atom is -0.268 e. The number of amides is 4. The van der Waals surface area contributed by atoms with Gasteiger partial charge in [0.05, 0.1) is 0 Å². The van der Waals surface area contributed by atoms with E-state index < -0.39 is 174 Å². The molecule has 0 N–H and O–H groups in total. The summed E-state index contributed by atoms with van der Waals surface area (Å²) in [6, 6.07) is -17.9. The number of imide groups is 2. The van der Waals surface area contributed by atoms with E-state index in [0.717, 1.165) is 0 Å². The van der Waals surface area contributed by atoms with Gasteiger partial charge in [0, 0.05) is 33.0 Å². The van der Waals surface area contributed by atoms with Crippen LogP contribution >= 0.6 is 0 Å². The summed E-state index contributed by atoms with van der Waals surface area (Å²) >= 11 is 0. The summed E-state index contributed by atoms with van der Waals surface area (Å²) in [6.45, 7) is 0. The van der Waals surface area contributed by atoms with Crippen molar-refractivity contribution in [3.05, 3.63) is 46.5 Å². The highest BCUT2D eigenvalue weighted by molar-refractivity contribution is 6.33. The average Bonchev–Trinajstić information content (AvgIpc) is 3.10. The number of hydrogen-bond donors (Lipinski definition) is 0. The van der Waals surface area contributed by atoms with E-state index in [1.54, 1.807) is 0 Å². The summed E-state index contributed by atoms with van der Waals surface area (Å²) in [7, 11) is 0. The molecule has 2 heterocycles. The van der Waals surface area contributed by atoms with E-state index in [9.17, 15) is 133 Å². The number of carbonyl (C=O) groups is 4. The standard InChI is InChI=1S/C28H4F30N2O4/c29-15(30,17(33,34)21(41,42)25(49,50)51)19(37,38)23(45,46)27(55,56)59-11(61)5-1-2-6-10-8(4-3-7(9(5)10)13(59)63)14(64)60(12(6)62)28(57,58)24(47,48)20(39,40)16(31,32)18(35,36)22(43,44)26(52,53)54/h1-4H. The summed E-state index contributed by atoms with van der Waals surface area (Å²) in [6.07, 6.45) is -16.1. The Labute approximate surface area is 326 Å². The molecule has 4 amide bonds. The number of rotatable bonds is 12. The van der Waals surface area contributed by atoms with Crippen molar-refractivity contribution in [2.45, 2.75) is 83.7 Å². The molecule has 0 saturated heterocycles. The minimum atomic E-state index is -8.98.